The van der Waals surface area contributed by atoms with Crippen LogP contribution in [0.1, 0.15) is 13.8 Å². The fourth-order valence-electron chi connectivity index (χ4n) is 1.60. The predicted octanol–water partition coefficient (Wildman–Crippen LogP) is 2.64. The molecule has 122 valence electrons. The van der Waals surface area contributed by atoms with E-state index in [-0.39, 0.29) is 5.91 Å². The van der Waals surface area contributed by atoms with Gasteiger partial charge < -0.3 is 15.5 Å². The van der Waals surface area contributed by atoms with Gasteiger partial charge in [0.15, 0.2) is 0 Å². The maximum Gasteiger partial charge on any atom is 0.239 e. The van der Waals surface area contributed by atoms with E-state index in [2.05, 4.69) is 10.6 Å². The normalized spacial score (nSPS) is 11.4. The van der Waals surface area contributed by atoms with Crippen LogP contribution in [0.2, 0.25) is 10.0 Å². The maximum atomic E-state index is 12.4. The first-order valence-corrected chi connectivity index (χ1v) is 7.60. The molecular formula is C15H21Cl2N3O2. The van der Waals surface area contributed by atoms with Crippen molar-refractivity contribution in [3.63, 3.8) is 0 Å². The van der Waals surface area contributed by atoms with Gasteiger partial charge in [-0.1, -0.05) is 29.3 Å². The van der Waals surface area contributed by atoms with Crippen molar-refractivity contribution in [2.45, 2.75) is 13.8 Å². The molecule has 5 nitrogen and oxygen atoms in total. The third-order valence-corrected chi connectivity index (χ3v) is 3.81. The molecule has 0 aliphatic carbocycles. The van der Waals surface area contributed by atoms with Gasteiger partial charge in [0.25, 0.3) is 0 Å². The summed E-state index contributed by atoms with van der Waals surface area (Å²) in [6.45, 7) is 4.27. The number of carbonyl (C=O) groups excluding carboxylic acids is 2. The molecule has 22 heavy (non-hydrogen) atoms. The highest BCUT2D eigenvalue weighted by Gasteiger charge is 2.36. The molecule has 1 aromatic rings. The van der Waals surface area contributed by atoms with Crippen LogP contribution in [0.15, 0.2) is 18.2 Å². The number of halogens is 2. The lowest BCUT2D eigenvalue weighted by molar-refractivity contribution is -0.138. The van der Waals surface area contributed by atoms with E-state index >= 15 is 0 Å². The van der Waals surface area contributed by atoms with Crippen LogP contribution in [0.25, 0.3) is 0 Å². The van der Waals surface area contributed by atoms with Crippen LogP contribution >= 0.6 is 23.2 Å². The van der Waals surface area contributed by atoms with Crippen LogP contribution in [0, 0.1) is 5.41 Å². The van der Waals surface area contributed by atoms with E-state index in [4.69, 9.17) is 23.2 Å². The average Bonchev–Trinajstić information content (AvgIpc) is 2.42. The zero-order valence-corrected chi connectivity index (χ0v) is 14.7. The van der Waals surface area contributed by atoms with Crippen molar-refractivity contribution in [3.8, 4) is 0 Å². The summed E-state index contributed by atoms with van der Waals surface area (Å²) in [5.74, 6) is -0.820. The highest BCUT2D eigenvalue weighted by atomic mass is 35.5. The summed E-state index contributed by atoms with van der Waals surface area (Å²) < 4.78 is 0. The van der Waals surface area contributed by atoms with E-state index in [1.807, 2.05) is 19.0 Å². The molecule has 0 saturated heterocycles. The second kappa shape index (κ2) is 7.81. The second-order valence-electron chi connectivity index (χ2n) is 5.73. The topological polar surface area (TPSA) is 61.4 Å². The van der Waals surface area contributed by atoms with Gasteiger partial charge in [-0.05, 0) is 40.1 Å². The number of para-hydroxylation sites is 1. The molecular weight excluding hydrogens is 325 g/mol. The Morgan fingerprint density at radius 1 is 1.14 bits per heavy atom. The minimum absolute atomic E-state index is 0.310. The van der Waals surface area contributed by atoms with Gasteiger partial charge in [0.1, 0.15) is 5.41 Å². The van der Waals surface area contributed by atoms with Crippen molar-refractivity contribution in [2.75, 3.05) is 32.5 Å². The zero-order valence-electron chi connectivity index (χ0n) is 13.2. The molecule has 1 rings (SSSR count). The van der Waals surface area contributed by atoms with E-state index in [0.29, 0.717) is 28.8 Å². The van der Waals surface area contributed by atoms with Gasteiger partial charge in [-0.15, -0.1) is 0 Å². The summed E-state index contributed by atoms with van der Waals surface area (Å²) in [5.41, 5.74) is -0.931. The van der Waals surface area contributed by atoms with Crippen molar-refractivity contribution < 1.29 is 9.59 Å². The molecule has 0 aliphatic rings. The number of hydrogen-bond acceptors (Lipinski definition) is 3. The number of benzene rings is 1. The molecule has 0 fully saturated rings. The molecule has 1 aromatic carbocycles. The second-order valence-corrected chi connectivity index (χ2v) is 6.55. The highest BCUT2D eigenvalue weighted by molar-refractivity contribution is 6.40. The molecule has 0 aliphatic heterocycles. The van der Waals surface area contributed by atoms with Crippen molar-refractivity contribution >= 4 is 40.7 Å². The van der Waals surface area contributed by atoms with Gasteiger partial charge in [-0.2, -0.15) is 0 Å². The lowest BCUT2D eigenvalue weighted by Crippen LogP contribution is -2.46. The maximum absolute atomic E-state index is 12.4. The minimum Gasteiger partial charge on any atom is -0.354 e. The van der Waals surface area contributed by atoms with Gasteiger partial charge >= 0.3 is 0 Å². The highest BCUT2D eigenvalue weighted by Crippen LogP contribution is 2.31. The third kappa shape index (κ3) is 4.87. The summed E-state index contributed by atoms with van der Waals surface area (Å²) in [4.78, 5) is 26.5. The van der Waals surface area contributed by atoms with Crippen molar-refractivity contribution in [1.82, 2.24) is 10.2 Å². The predicted molar refractivity (Wildman–Crippen MR) is 90.4 cm³/mol. The van der Waals surface area contributed by atoms with Gasteiger partial charge in [0.05, 0.1) is 15.7 Å². The lowest BCUT2D eigenvalue weighted by Gasteiger charge is -2.23. The number of nitrogens with one attached hydrogen (secondary N) is 2. The van der Waals surface area contributed by atoms with Crippen molar-refractivity contribution in [2.24, 2.45) is 5.41 Å². The molecule has 2 amide bonds. The third-order valence-electron chi connectivity index (χ3n) is 3.18. The van der Waals surface area contributed by atoms with Gasteiger partial charge in [0, 0.05) is 13.1 Å². The molecule has 0 radical (unpaired) electrons. The molecule has 0 unspecified atom stereocenters. The van der Waals surface area contributed by atoms with E-state index in [1.165, 1.54) is 0 Å². The first kappa shape index (κ1) is 18.7. The van der Waals surface area contributed by atoms with E-state index < -0.39 is 11.3 Å². The van der Waals surface area contributed by atoms with Crippen LogP contribution in [0.5, 0.6) is 0 Å². The molecule has 0 atom stereocenters. The van der Waals surface area contributed by atoms with Gasteiger partial charge in [-0.3, -0.25) is 9.59 Å². The summed E-state index contributed by atoms with van der Waals surface area (Å²) in [7, 11) is 3.81. The Balaban J connectivity index is 2.76. The summed E-state index contributed by atoms with van der Waals surface area (Å²) in [5, 5.41) is 6.02. The summed E-state index contributed by atoms with van der Waals surface area (Å²) >= 11 is 12.0. The molecule has 0 heterocycles. The van der Waals surface area contributed by atoms with E-state index in [0.717, 1.165) is 0 Å². The molecule has 0 saturated carbocycles. The average molecular weight is 346 g/mol. The minimum atomic E-state index is -1.24. The first-order valence-electron chi connectivity index (χ1n) is 6.84. The Labute approximate surface area is 141 Å². The molecule has 7 heteroatoms. The Morgan fingerprint density at radius 2 is 1.68 bits per heavy atom. The van der Waals surface area contributed by atoms with Crippen molar-refractivity contribution in [1.29, 1.82) is 0 Å². The molecule has 2 N–H and O–H groups in total. The molecule has 0 bridgehead atoms. The van der Waals surface area contributed by atoms with Gasteiger partial charge in [0.2, 0.25) is 11.8 Å². The quantitative estimate of drug-likeness (QED) is 0.779. The van der Waals surface area contributed by atoms with Crippen LogP contribution in [0.4, 0.5) is 5.69 Å². The number of nitrogens with zero attached hydrogens (tertiary/aromatic N) is 1. The number of anilines is 1. The Bertz CT molecular complexity index is 539. The largest absolute Gasteiger partial charge is 0.354 e. The van der Waals surface area contributed by atoms with Crippen LogP contribution in [-0.4, -0.2) is 43.9 Å². The van der Waals surface area contributed by atoms with E-state index in [1.54, 1.807) is 32.0 Å². The lowest BCUT2D eigenvalue weighted by atomic mass is 9.91. The number of carbonyl (C=O) groups is 2. The number of hydrogen-bond donors (Lipinski definition) is 2. The zero-order chi connectivity index (χ0) is 16.9. The number of amides is 2. The molecule has 0 aromatic heterocycles. The summed E-state index contributed by atoms with van der Waals surface area (Å²) in [6, 6.07) is 4.92. The van der Waals surface area contributed by atoms with Gasteiger partial charge in [-0.25, -0.2) is 0 Å². The standard InChI is InChI=1S/C15H21Cl2N3O2/c1-15(2,13(21)18-8-9-20(3)4)14(22)19-12-10(16)6-5-7-11(12)17/h5-7H,8-9H2,1-4H3,(H,18,21)(H,19,22). The molecule has 0 spiro atoms. The van der Waals surface area contributed by atoms with Crippen LogP contribution in [0.3, 0.4) is 0 Å². The SMILES string of the molecule is CN(C)CCNC(=O)C(C)(C)C(=O)Nc1c(Cl)cccc1Cl. The van der Waals surface area contributed by atoms with Crippen LogP contribution < -0.4 is 10.6 Å². The summed E-state index contributed by atoms with van der Waals surface area (Å²) in [6.07, 6.45) is 0. The first-order chi connectivity index (χ1) is 10.2. The van der Waals surface area contributed by atoms with Crippen molar-refractivity contribution in [3.05, 3.63) is 28.2 Å². The fraction of sp³-hybridized carbons (Fsp3) is 0.467. The number of likely N-dealkylation sites (N-methyl/N-ethyl adjacent to an activating group) is 1. The van der Waals surface area contributed by atoms with Crippen LogP contribution in [-0.2, 0) is 9.59 Å². The fourth-order valence-corrected chi connectivity index (χ4v) is 2.10. The monoisotopic (exact) mass is 345 g/mol. The Kier molecular flexibility index (Phi) is 6.66. The Morgan fingerprint density at radius 3 is 2.18 bits per heavy atom. The Hall–Kier alpha value is -1.30. The smallest absolute Gasteiger partial charge is 0.239 e. The van der Waals surface area contributed by atoms with E-state index in [9.17, 15) is 9.59 Å². The number of rotatable bonds is 6.